The molecule has 94 valence electrons. The second-order valence-electron chi connectivity index (χ2n) is 3.88. The largest absolute Gasteiger partial charge is 0.459 e. The lowest BCUT2D eigenvalue weighted by molar-refractivity contribution is 0.0378. The molecule has 0 unspecified atom stereocenters. The summed E-state index contributed by atoms with van der Waals surface area (Å²) < 4.78 is 28.1. The van der Waals surface area contributed by atoms with E-state index in [2.05, 4.69) is 0 Å². The third-order valence-electron chi connectivity index (χ3n) is 2.17. The van der Waals surface area contributed by atoms with Crippen LogP contribution in [-0.4, -0.2) is 26.2 Å². The van der Waals surface area contributed by atoms with Crippen molar-refractivity contribution in [1.29, 1.82) is 0 Å². The fraction of sp³-hybridized carbons (Fsp3) is 0.417. The first-order chi connectivity index (χ1) is 7.86. The standard InChI is InChI=1S/C12H16O4S/c1-4-17(14,15)11-7-5-10(6-8-11)12(13)16-9(2)3/h5-9H,4H2,1-3H3. The molecule has 0 aliphatic carbocycles. The van der Waals surface area contributed by atoms with Crippen LogP contribution in [0.5, 0.6) is 0 Å². The average molecular weight is 256 g/mol. The van der Waals surface area contributed by atoms with Crippen molar-refractivity contribution in [3.8, 4) is 0 Å². The first-order valence-corrected chi connectivity index (χ1v) is 7.06. The summed E-state index contributed by atoms with van der Waals surface area (Å²) in [6, 6.07) is 5.78. The second kappa shape index (κ2) is 5.31. The highest BCUT2D eigenvalue weighted by atomic mass is 32.2. The van der Waals surface area contributed by atoms with Gasteiger partial charge in [-0.3, -0.25) is 0 Å². The van der Waals surface area contributed by atoms with Crippen molar-refractivity contribution >= 4 is 15.8 Å². The monoisotopic (exact) mass is 256 g/mol. The van der Waals surface area contributed by atoms with E-state index in [0.717, 1.165) is 0 Å². The molecule has 17 heavy (non-hydrogen) atoms. The summed E-state index contributed by atoms with van der Waals surface area (Å²) in [6.07, 6.45) is -0.193. The predicted octanol–water partition coefficient (Wildman–Crippen LogP) is 2.05. The molecular weight excluding hydrogens is 240 g/mol. The Labute approximate surface area is 102 Å². The van der Waals surface area contributed by atoms with Gasteiger partial charge in [-0.1, -0.05) is 6.92 Å². The second-order valence-corrected chi connectivity index (χ2v) is 6.16. The molecule has 0 radical (unpaired) electrons. The van der Waals surface area contributed by atoms with Crippen molar-refractivity contribution in [2.45, 2.75) is 31.8 Å². The Balaban J connectivity index is 2.93. The molecule has 0 amide bonds. The van der Waals surface area contributed by atoms with Crippen LogP contribution in [0, 0.1) is 0 Å². The summed E-state index contributed by atoms with van der Waals surface area (Å²) in [7, 11) is -3.22. The number of carbonyl (C=O) groups excluding carboxylic acids is 1. The van der Waals surface area contributed by atoms with Crippen LogP contribution >= 0.6 is 0 Å². The predicted molar refractivity (Wildman–Crippen MR) is 64.7 cm³/mol. The van der Waals surface area contributed by atoms with E-state index in [9.17, 15) is 13.2 Å². The fourth-order valence-corrected chi connectivity index (χ4v) is 2.13. The highest BCUT2D eigenvalue weighted by molar-refractivity contribution is 7.91. The lowest BCUT2D eigenvalue weighted by Gasteiger charge is -2.08. The lowest BCUT2D eigenvalue weighted by Crippen LogP contribution is -2.12. The smallest absolute Gasteiger partial charge is 0.338 e. The van der Waals surface area contributed by atoms with Crippen molar-refractivity contribution in [3.63, 3.8) is 0 Å². The molecule has 1 rings (SSSR count). The van der Waals surface area contributed by atoms with Gasteiger partial charge in [-0.25, -0.2) is 13.2 Å². The minimum absolute atomic E-state index is 0.0444. The Morgan fingerprint density at radius 1 is 1.24 bits per heavy atom. The van der Waals surface area contributed by atoms with Crippen LogP contribution in [0.1, 0.15) is 31.1 Å². The minimum Gasteiger partial charge on any atom is -0.459 e. The van der Waals surface area contributed by atoms with Crippen LogP contribution in [0.25, 0.3) is 0 Å². The van der Waals surface area contributed by atoms with Crippen LogP contribution in [0.3, 0.4) is 0 Å². The van der Waals surface area contributed by atoms with Crippen molar-refractivity contribution in [2.24, 2.45) is 0 Å². The Morgan fingerprint density at radius 3 is 2.18 bits per heavy atom. The van der Waals surface area contributed by atoms with E-state index in [4.69, 9.17) is 4.74 Å². The highest BCUT2D eigenvalue weighted by Gasteiger charge is 2.13. The molecule has 0 bridgehead atoms. The van der Waals surface area contributed by atoms with Crippen LogP contribution in [-0.2, 0) is 14.6 Å². The molecule has 0 heterocycles. The van der Waals surface area contributed by atoms with Gasteiger partial charge in [0.25, 0.3) is 0 Å². The summed E-state index contributed by atoms with van der Waals surface area (Å²) in [4.78, 5) is 11.7. The van der Waals surface area contributed by atoms with Gasteiger partial charge >= 0.3 is 5.97 Å². The molecule has 0 aromatic heterocycles. The number of ether oxygens (including phenoxy) is 1. The summed E-state index contributed by atoms with van der Waals surface area (Å²) in [6.45, 7) is 5.10. The van der Waals surface area contributed by atoms with Crippen LogP contribution < -0.4 is 0 Å². The van der Waals surface area contributed by atoms with Crippen molar-refractivity contribution in [1.82, 2.24) is 0 Å². The van der Waals surface area contributed by atoms with Gasteiger partial charge < -0.3 is 4.74 Å². The van der Waals surface area contributed by atoms with Gasteiger partial charge in [0, 0.05) is 0 Å². The van der Waals surface area contributed by atoms with Crippen molar-refractivity contribution in [2.75, 3.05) is 5.75 Å². The van der Waals surface area contributed by atoms with Crippen molar-refractivity contribution in [3.05, 3.63) is 29.8 Å². The Hall–Kier alpha value is -1.36. The van der Waals surface area contributed by atoms with Crippen LogP contribution in [0.4, 0.5) is 0 Å². The van der Waals surface area contributed by atoms with E-state index in [1.807, 2.05) is 0 Å². The van der Waals surface area contributed by atoms with E-state index < -0.39 is 15.8 Å². The van der Waals surface area contributed by atoms with Crippen LogP contribution in [0.15, 0.2) is 29.2 Å². The zero-order valence-corrected chi connectivity index (χ0v) is 11.0. The summed E-state index contributed by atoms with van der Waals surface area (Å²) in [5, 5.41) is 0. The molecule has 0 spiro atoms. The number of carbonyl (C=O) groups is 1. The molecule has 0 N–H and O–H groups in total. The van der Waals surface area contributed by atoms with Gasteiger partial charge in [0.2, 0.25) is 0 Å². The molecule has 1 aromatic carbocycles. The number of hydrogen-bond donors (Lipinski definition) is 0. The summed E-state index contributed by atoms with van der Waals surface area (Å²) in [5.74, 6) is -0.400. The third kappa shape index (κ3) is 3.56. The number of rotatable bonds is 4. The maximum Gasteiger partial charge on any atom is 0.338 e. The Bertz CT molecular complexity index is 486. The molecule has 0 atom stereocenters. The van der Waals surface area contributed by atoms with E-state index >= 15 is 0 Å². The van der Waals surface area contributed by atoms with Gasteiger partial charge in [0.15, 0.2) is 9.84 Å². The summed E-state index contributed by atoms with van der Waals surface area (Å²) in [5.41, 5.74) is 0.355. The molecule has 1 aromatic rings. The average Bonchev–Trinajstić information content (AvgIpc) is 2.28. The third-order valence-corrected chi connectivity index (χ3v) is 3.92. The van der Waals surface area contributed by atoms with Gasteiger partial charge in [0.05, 0.1) is 22.3 Å². The Kier molecular flexibility index (Phi) is 4.28. The quantitative estimate of drug-likeness (QED) is 0.773. The van der Waals surface area contributed by atoms with Gasteiger partial charge in [-0.05, 0) is 38.1 Å². The molecule has 4 nitrogen and oxygen atoms in total. The number of benzene rings is 1. The number of hydrogen-bond acceptors (Lipinski definition) is 4. The SMILES string of the molecule is CCS(=O)(=O)c1ccc(C(=O)OC(C)C)cc1. The molecule has 0 aliphatic rings. The van der Waals surface area contributed by atoms with Crippen LogP contribution in [0.2, 0.25) is 0 Å². The topological polar surface area (TPSA) is 60.4 Å². The lowest BCUT2D eigenvalue weighted by atomic mass is 10.2. The normalized spacial score (nSPS) is 11.5. The molecule has 0 aliphatic heterocycles. The maximum absolute atomic E-state index is 11.5. The van der Waals surface area contributed by atoms with E-state index in [1.165, 1.54) is 24.3 Å². The zero-order chi connectivity index (χ0) is 13.1. The zero-order valence-electron chi connectivity index (χ0n) is 10.1. The number of esters is 1. The molecular formula is C12H16O4S. The maximum atomic E-state index is 11.5. The van der Waals surface area contributed by atoms with Gasteiger partial charge in [-0.15, -0.1) is 0 Å². The van der Waals surface area contributed by atoms with E-state index in [-0.39, 0.29) is 16.8 Å². The van der Waals surface area contributed by atoms with E-state index in [1.54, 1.807) is 20.8 Å². The number of sulfone groups is 1. The first-order valence-electron chi connectivity index (χ1n) is 5.40. The highest BCUT2D eigenvalue weighted by Crippen LogP contribution is 2.13. The van der Waals surface area contributed by atoms with Gasteiger partial charge in [-0.2, -0.15) is 0 Å². The van der Waals surface area contributed by atoms with Crippen molar-refractivity contribution < 1.29 is 17.9 Å². The Morgan fingerprint density at radius 2 is 1.76 bits per heavy atom. The summed E-state index contributed by atoms with van der Waals surface area (Å²) >= 11 is 0. The molecule has 5 heteroatoms. The molecule has 0 saturated carbocycles. The fourth-order valence-electron chi connectivity index (χ4n) is 1.25. The minimum atomic E-state index is -3.22. The molecule has 0 saturated heterocycles. The first kappa shape index (κ1) is 13.7. The molecule has 0 fully saturated rings. The van der Waals surface area contributed by atoms with E-state index in [0.29, 0.717) is 5.56 Å². The van der Waals surface area contributed by atoms with Gasteiger partial charge in [0.1, 0.15) is 0 Å².